The molecule has 1 saturated heterocycles. The van der Waals surface area contributed by atoms with Crippen LogP contribution in [-0.2, 0) is 0 Å². The average Bonchev–Trinajstić information content (AvgIpc) is 2.99. The van der Waals surface area contributed by atoms with Crippen LogP contribution in [0, 0.1) is 0 Å². The van der Waals surface area contributed by atoms with Crippen LogP contribution in [0.2, 0.25) is 0 Å². The molecule has 0 radical (unpaired) electrons. The Bertz CT molecular complexity index is 444. The molecule has 1 aliphatic rings. The molecule has 8 heteroatoms. The van der Waals surface area contributed by atoms with E-state index in [0.29, 0.717) is 0 Å². The summed E-state index contributed by atoms with van der Waals surface area (Å²) in [6.07, 6.45) is -4.56. The number of thiophene rings is 1. The van der Waals surface area contributed by atoms with E-state index >= 15 is 0 Å². The normalized spacial score (nSPS) is 19.0. The van der Waals surface area contributed by atoms with Gasteiger partial charge in [0.05, 0.1) is 4.88 Å². The molecule has 2 heterocycles. The van der Waals surface area contributed by atoms with E-state index in [9.17, 15) is 22.4 Å². The molecule has 1 aromatic rings. The molecular formula is C11H12F4N2OS. The van der Waals surface area contributed by atoms with Crippen molar-refractivity contribution in [1.82, 2.24) is 10.6 Å². The van der Waals surface area contributed by atoms with Gasteiger partial charge >= 0.3 is 12.3 Å². The third kappa shape index (κ3) is 2.52. The molecule has 0 bridgehead atoms. The second kappa shape index (κ2) is 5.18. The van der Waals surface area contributed by atoms with E-state index in [1.807, 2.05) is 0 Å². The van der Waals surface area contributed by atoms with E-state index < -0.39 is 30.2 Å². The summed E-state index contributed by atoms with van der Waals surface area (Å²) in [5.74, 6) is -4.91. The lowest BCUT2D eigenvalue weighted by Crippen LogP contribution is -2.66. The highest BCUT2D eigenvalue weighted by molar-refractivity contribution is 7.12. The molecule has 3 nitrogen and oxygen atoms in total. The fourth-order valence-corrected chi connectivity index (χ4v) is 2.71. The molecule has 19 heavy (non-hydrogen) atoms. The molecule has 2 N–H and O–H groups in total. The lowest BCUT2D eigenvalue weighted by Gasteiger charge is -2.36. The van der Waals surface area contributed by atoms with Crippen molar-refractivity contribution in [2.45, 2.75) is 24.4 Å². The molecule has 2 rings (SSSR count). The first kappa shape index (κ1) is 14.4. The summed E-state index contributed by atoms with van der Waals surface area (Å²) >= 11 is 1.09. The van der Waals surface area contributed by atoms with E-state index in [1.165, 1.54) is 6.07 Å². The minimum atomic E-state index is -4.32. The Morgan fingerprint density at radius 3 is 2.53 bits per heavy atom. The van der Waals surface area contributed by atoms with Gasteiger partial charge in [-0.3, -0.25) is 15.4 Å². The van der Waals surface area contributed by atoms with Gasteiger partial charge in [-0.1, -0.05) is 6.07 Å². The Kier molecular flexibility index (Phi) is 3.93. The zero-order chi connectivity index (χ0) is 14.1. The van der Waals surface area contributed by atoms with Gasteiger partial charge in [0, 0.05) is 19.5 Å². The quantitative estimate of drug-likeness (QED) is 0.646. The van der Waals surface area contributed by atoms with Crippen LogP contribution < -0.4 is 10.6 Å². The van der Waals surface area contributed by atoms with Crippen molar-refractivity contribution in [2.24, 2.45) is 0 Å². The summed E-state index contributed by atoms with van der Waals surface area (Å²) in [6, 6.07) is 3.08. The summed E-state index contributed by atoms with van der Waals surface area (Å²) in [5.41, 5.74) is -2.37. The third-order valence-electron chi connectivity index (χ3n) is 3.04. The van der Waals surface area contributed by atoms with Crippen molar-refractivity contribution in [3.63, 3.8) is 0 Å². The molecular weight excluding hydrogens is 284 g/mol. The summed E-state index contributed by atoms with van der Waals surface area (Å²) in [5, 5.41) is 6.28. The lowest BCUT2D eigenvalue weighted by atomic mass is 9.95. The lowest BCUT2D eigenvalue weighted by molar-refractivity contribution is -0.185. The standard InChI is InChI=1S/C11H12F4N2OS/c12-9(13)11(14,15)10(16-3-4-17-10)6-7(18)8-2-1-5-19-8/h1-2,5,9,16-17H,3-4,6H2. The van der Waals surface area contributed by atoms with Gasteiger partial charge in [-0.15, -0.1) is 11.3 Å². The van der Waals surface area contributed by atoms with Crippen molar-refractivity contribution >= 4 is 17.1 Å². The number of carbonyl (C=O) groups is 1. The molecule has 0 spiro atoms. The van der Waals surface area contributed by atoms with Gasteiger partial charge in [0.2, 0.25) is 0 Å². The smallest absolute Gasteiger partial charge is 0.293 e. The zero-order valence-corrected chi connectivity index (χ0v) is 10.6. The monoisotopic (exact) mass is 296 g/mol. The molecule has 0 amide bonds. The van der Waals surface area contributed by atoms with Gasteiger partial charge in [-0.25, -0.2) is 8.78 Å². The maximum absolute atomic E-state index is 13.7. The predicted octanol–water partition coefficient (Wildman–Crippen LogP) is 2.11. The summed E-state index contributed by atoms with van der Waals surface area (Å²) in [4.78, 5) is 12.2. The number of hydrogen-bond acceptors (Lipinski definition) is 4. The molecule has 106 valence electrons. The fraction of sp³-hybridized carbons (Fsp3) is 0.545. The van der Waals surface area contributed by atoms with Crippen molar-refractivity contribution in [3.8, 4) is 0 Å². The summed E-state index contributed by atoms with van der Waals surface area (Å²) in [7, 11) is 0. The van der Waals surface area contributed by atoms with E-state index in [1.54, 1.807) is 11.4 Å². The van der Waals surface area contributed by atoms with Crippen LogP contribution in [0.4, 0.5) is 17.6 Å². The maximum Gasteiger partial charge on any atom is 0.338 e. The second-order valence-corrected chi connectivity index (χ2v) is 5.21. The van der Waals surface area contributed by atoms with Gasteiger partial charge in [-0.05, 0) is 11.4 Å². The van der Waals surface area contributed by atoms with E-state index in [2.05, 4.69) is 10.6 Å². The SMILES string of the molecule is O=C(CC1(C(F)(F)C(F)F)NCCN1)c1cccs1. The topological polar surface area (TPSA) is 41.1 Å². The van der Waals surface area contributed by atoms with Gasteiger partial charge in [-0.2, -0.15) is 8.78 Å². The molecule has 1 aliphatic heterocycles. The van der Waals surface area contributed by atoms with Crippen LogP contribution in [0.3, 0.4) is 0 Å². The number of alkyl halides is 4. The van der Waals surface area contributed by atoms with Crippen molar-refractivity contribution < 1.29 is 22.4 Å². The number of Topliss-reactive ketones (excluding diaryl/α,β-unsaturated/α-hetero) is 1. The molecule has 1 aromatic heterocycles. The Balaban J connectivity index is 2.24. The first-order chi connectivity index (χ1) is 8.89. The summed E-state index contributed by atoms with van der Waals surface area (Å²) in [6.45, 7) is 0.222. The Hall–Kier alpha value is -0.990. The largest absolute Gasteiger partial charge is 0.338 e. The Morgan fingerprint density at radius 1 is 1.42 bits per heavy atom. The first-order valence-electron chi connectivity index (χ1n) is 5.62. The number of ketones is 1. The Labute approximate surface area is 111 Å². The molecule has 0 aliphatic carbocycles. The maximum atomic E-state index is 13.7. The van der Waals surface area contributed by atoms with E-state index in [0.717, 1.165) is 11.3 Å². The average molecular weight is 296 g/mol. The van der Waals surface area contributed by atoms with Crippen LogP contribution in [0.25, 0.3) is 0 Å². The van der Waals surface area contributed by atoms with Crippen molar-refractivity contribution in [2.75, 3.05) is 13.1 Å². The van der Waals surface area contributed by atoms with Crippen LogP contribution in [0.5, 0.6) is 0 Å². The number of carbonyl (C=O) groups excluding carboxylic acids is 1. The highest BCUT2D eigenvalue weighted by atomic mass is 32.1. The van der Waals surface area contributed by atoms with E-state index in [-0.39, 0.29) is 18.0 Å². The molecule has 0 saturated carbocycles. The molecule has 0 aromatic carbocycles. The molecule has 1 fully saturated rings. The van der Waals surface area contributed by atoms with Gasteiger partial charge < -0.3 is 0 Å². The predicted molar refractivity (Wildman–Crippen MR) is 63.0 cm³/mol. The third-order valence-corrected chi connectivity index (χ3v) is 3.95. The zero-order valence-electron chi connectivity index (χ0n) is 9.76. The Morgan fingerprint density at radius 2 is 2.05 bits per heavy atom. The first-order valence-corrected chi connectivity index (χ1v) is 6.50. The van der Waals surface area contributed by atoms with Crippen LogP contribution >= 0.6 is 11.3 Å². The van der Waals surface area contributed by atoms with E-state index in [4.69, 9.17) is 0 Å². The van der Waals surface area contributed by atoms with Gasteiger partial charge in [0.15, 0.2) is 5.78 Å². The highest BCUT2D eigenvalue weighted by Crippen LogP contribution is 2.37. The fourth-order valence-electron chi connectivity index (χ4n) is 2.04. The van der Waals surface area contributed by atoms with Crippen LogP contribution in [0.15, 0.2) is 17.5 Å². The number of rotatable bonds is 5. The number of halogens is 4. The highest BCUT2D eigenvalue weighted by Gasteiger charge is 2.62. The van der Waals surface area contributed by atoms with Crippen molar-refractivity contribution in [1.29, 1.82) is 0 Å². The summed E-state index contributed by atoms with van der Waals surface area (Å²) < 4.78 is 52.5. The second-order valence-electron chi connectivity index (χ2n) is 4.26. The van der Waals surface area contributed by atoms with Crippen LogP contribution in [-0.4, -0.2) is 36.9 Å². The van der Waals surface area contributed by atoms with Gasteiger partial charge in [0.25, 0.3) is 0 Å². The molecule has 0 atom stereocenters. The molecule has 0 unspecified atom stereocenters. The van der Waals surface area contributed by atoms with Crippen LogP contribution in [0.1, 0.15) is 16.1 Å². The number of nitrogens with one attached hydrogen (secondary N) is 2. The number of hydrogen-bond donors (Lipinski definition) is 2. The van der Waals surface area contributed by atoms with Gasteiger partial charge in [0.1, 0.15) is 5.66 Å². The minimum absolute atomic E-state index is 0.111. The minimum Gasteiger partial charge on any atom is -0.293 e. The van der Waals surface area contributed by atoms with Crippen molar-refractivity contribution in [3.05, 3.63) is 22.4 Å².